The Morgan fingerprint density at radius 1 is 1.70 bits per heavy atom. The highest BCUT2D eigenvalue weighted by Gasteiger charge is 2.16. The minimum atomic E-state index is -0.0625. The Labute approximate surface area is 64.9 Å². The van der Waals surface area contributed by atoms with E-state index in [0.717, 1.165) is 12.2 Å². The zero-order valence-electron chi connectivity index (χ0n) is 6.02. The van der Waals surface area contributed by atoms with Gasteiger partial charge in [-0.05, 0) is 12.2 Å². The first-order chi connectivity index (χ1) is 4.83. The number of amides is 2. The van der Waals surface area contributed by atoms with Gasteiger partial charge in [-0.2, -0.15) is 11.8 Å². The lowest BCUT2D eigenvalue weighted by Gasteiger charge is -2.09. The van der Waals surface area contributed by atoms with Crippen LogP contribution in [0.3, 0.4) is 0 Å². The van der Waals surface area contributed by atoms with Crippen LogP contribution in [0.1, 0.15) is 6.42 Å². The molecule has 1 aliphatic rings. The maximum Gasteiger partial charge on any atom is 0.314 e. The molecule has 0 aromatic heterocycles. The van der Waals surface area contributed by atoms with Gasteiger partial charge >= 0.3 is 6.03 Å². The normalized spacial score (nSPS) is 24.3. The summed E-state index contributed by atoms with van der Waals surface area (Å²) in [5, 5.41) is 5.39. The van der Waals surface area contributed by atoms with Crippen molar-refractivity contribution in [3.8, 4) is 0 Å². The largest absolute Gasteiger partial charge is 0.341 e. The second kappa shape index (κ2) is 3.71. The van der Waals surface area contributed by atoms with Gasteiger partial charge in [-0.15, -0.1) is 0 Å². The van der Waals surface area contributed by atoms with E-state index in [9.17, 15) is 4.79 Å². The molecule has 1 saturated heterocycles. The summed E-state index contributed by atoms with van der Waals surface area (Å²) in [6.45, 7) is 0. The predicted molar refractivity (Wildman–Crippen MR) is 43.3 cm³/mol. The van der Waals surface area contributed by atoms with E-state index in [1.54, 1.807) is 7.05 Å². The van der Waals surface area contributed by atoms with Gasteiger partial charge in [0.15, 0.2) is 0 Å². The van der Waals surface area contributed by atoms with Crippen molar-refractivity contribution in [3.05, 3.63) is 0 Å². The van der Waals surface area contributed by atoms with Crippen molar-refractivity contribution < 1.29 is 4.79 Å². The van der Waals surface area contributed by atoms with E-state index in [2.05, 4.69) is 10.6 Å². The zero-order chi connectivity index (χ0) is 7.40. The lowest BCUT2D eigenvalue weighted by atomic mass is 10.3. The molecule has 0 unspecified atom stereocenters. The van der Waals surface area contributed by atoms with Crippen molar-refractivity contribution >= 4 is 17.8 Å². The van der Waals surface area contributed by atoms with E-state index < -0.39 is 0 Å². The van der Waals surface area contributed by atoms with Gasteiger partial charge in [-0.1, -0.05) is 0 Å². The molecule has 1 heterocycles. The maximum absolute atomic E-state index is 10.7. The summed E-state index contributed by atoms with van der Waals surface area (Å²) in [5.41, 5.74) is 0. The van der Waals surface area contributed by atoms with Gasteiger partial charge < -0.3 is 10.6 Å². The van der Waals surface area contributed by atoms with Crippen LogP contribution < -0.4 is 10.6 Å². The number of thioether (sulfide) groups is 1. The number of hydrogen-bond donors (Lipinski definition) is 2. The van der Waals surface area contributed by atoms with Crippen LogP contribution in [0.4, 0.5) is 4.79 Å². The fraction of sp³-hybridized carbons (Fsp3) is 0.833. The van der Waals surface area contributed by atoms with Crippen LogP contribution in [0.25, 0.3) is 0 Å². The second-order valence-electron chi connectivity index (χ2n) is 2.28. The minimum Gasteiger partial charge on any atom is -0.341 e. The monoisotopic (exact) mass is 160 g/mol. The number of hydrogen-bond acceptors (Lipinski definition) is 2. The third-order valence-corrected chi connectivity index (χ3v) is 2.65. The summed E-state index contributed by atoms with van der Waals surface area (Å²) in [4.78, 5) is 10.7. The molecule has 1 rings (SSSR count). The molecule has 2 N–H and O–H groups in total. The topological polar surface area (TPSA) is 41.1 Å². The first kappa shape index (κ1) is 7.72. The van der Waals surface area contributed by atoms with Gasteiger partial charge in [0.05, 0.1) is 0 Å². The predicted octanol–water partition coefficient (Wildman–Crippen LogP) is 0.421. The maximum atomic E-state index is 10.7. The van der Waals surface area contributed by atoms with Crippen molar-refractivity contribution in [2.24, 2.45) is 0 Å². The van der Waals surface area contributed by atoms with E-state index in [1.807, 2.05) is 11.8 Å². The summed E-state index contributed by atoms with van der Waals surface area (Å²) >= 11 is 1.89. The fourth-order valence-corrected chi connectivity index (χ4v) is 2.06. The summed E-state index contributed by atoms with van der Waals surface area (Å²) in [7, 11) is 1.64. The summed E-state index contributed by atoms with van der Waals surface area (Å²) < 4.78 is 0. The molecule has 0 aliphatic carbocycles. The van der Waals surface area contributed by atoms with Crippen LogP contribution in [0.5, 0.6) is 0 Å². The quantitative estimate of drug-likeness (QED) is 0.583. The molecule has 0 bridgehead atoms. The van der Waals surface area contributed by atoms with Crippen LogP contribution in [0.15, 0.2) is 0 Å². The van der Waals surface area contributed by atoms with Crippen LogP contribution in [-0.4, -0.2) is 30.6 Å². The van der Waals surface area contributed by atoms with Crippen molar-refractivity contribution in [1.82, 2.24) is 10.6 Å². The fourth-order valence-electron chi connectivity index (χ4n) is 0.906. The average Bonchev–Trinajstić information content (AvgIpc) is 2.40. The smallest absolute Gasteiger partial charge is 0.314 e. The molecule has 0 aromatic rings. The third-order valence-electron chi connectivity index (χ3n) is 1.49. The first-order valence-electron chi connectivity index (χ1n) is 3.39. The molecule has 1 atom stereocenters. The molecule has 3 nitrogen and oxygen atoms in total. The number of carbonyl (C=O) groups excluding carboxylic acids is 1. The van der Waals surface area contributed by atoms with Crippen molar-refractivity contribution in [3.63, 3.8) is 0 Å². The third kappa shape index (κ3) is 2.10. The zero-order valence-corrected chi connectivity index (χ0v) is 6.83. The number of urea groups is 1. The minimum absolute atomic E-state index is 0.0625. The molecule has 2 amide bonds. The molecule has 58 valence electrons. The van der Waals surface area contributed by atoms with Gasteiger partial charge in [0.1, 0.15) is 0 Å². The Morgan fingerprint density at radius 3 is 3.00 bits per heavy atom. The average molecular weight is 160 g/mol. The SMILES string of the molecule is CNC(=O)N[C@H]1CCSC1. The van der Waals surface area contributed by atoms with E-state index in [1.165, 1.54) is 5.75 Å². The Kier molecular flexibility index (Phi) is 2.86. The van der Waals surface area contributed by atoms with Crippen LogP contribution in [0, 0.1) is 0 Å². The van der Waals surface area contributed by atoms with Crippen molar-refractivity contribution in [2.75, 3.05) is 18.6 Å². The highest BCUT2D eigenvalue weighted by atomic mass is 32.2. The Hall–Kier alpha value is -0.380. The van der Waals surface area contributed by atoms with Gasteiger partial charge in [0.25, 0.3) is 0 Å². The highest BCUT2D eigenvalue weighted by Crippen LogP contribution is 2.16. The molecular weight excluding hydrogens is 148 g/mol. The van der Waals surface area contributed by atoms with E-state index in [-0.39, 0.29) is 6.03 Å². The molecule has 0 radical (unpaired) electrons. The van der Waals surface area contributed by atoms with E-state index >= 15 is 0 Å². The Bertz CT molecular complexity index is 123. The van der Waals surface area contributed by atoms with Crippen LogP contribution in [0.2, 0.25) is 0 Å². The van der Waals surface area contributed by atoms with Gasteiger partial charge in [0, 0.05) is 18.8 Å². The molecule has 4 heteroatoms. The molecule has 1 aliphatic heterocycles. The molecule has 0 saturated carbocycles. The lowest BCUT2D eigenvalue weighted by Crippen LogP contribution is -2.40. The standard InChI is InChI=1S/C6H12N2OS/c1-7-6(9)8-5-2-3-10-4-5/h5H,2-4H2,1H3,(H2,7,8,9)/t5-/m0/s1. The summed E-state index contributed by atoms with van der Waals surface area (Å²) in [6, 6.07) is 0.331. The van der Waals surface area contributed by atoms with E-state index in [0.29, 0.717) is 6.04 Å². The lowest BCUT2D eigenvalue weighted by molar-refractivity contribution is 0.240. The molecular formula is C6H12N2OS. The van der Waals surface area contributed by atoms with Gasteiger partial charge in [0.2, 0.25) is 0 Å². The van der Waals surface area contributed by atoms with Crippen molar-refractivity contribution in [1.29, 1.82) is 0 Å². The van der Waals surface area contributed by atoms with Crippen molar-refractivity contribution in [2.45, 2.75) is 12.5 Å². The molecule has 10 heavy (non-hydrogen) atoms. The number of rotatable bonds is 1. The molecule has 0 spiro atoms. The Balaban J connectivity index is 2.17. The van der Waals surface area contributed by atoms with Gasteiger partial charge in [-0.25, -0.2) is 4.79 Å². The first-order valence-corrected chi connectivity index (χ1v) is 4.54. The highest BCUT2D eigenvalue weighted by molar-refractivity contribution is 7.99. The molecule has 1 fully saturated rings. The number of carbonyl (C=O) groups is 1. The van der Waals surface area contributed by atoms with Crippen LogP contribution >= 0.6 is 11.8 Å². The number of nitrogens with one attached hydrogen (secondary N) is 2. The Morgan fingerprint density at radius 2 is 2.50 bits per heavy atom. The second-order valence-corrected chi connectivity index (χ2v) is 3.43. The van der Waals surface area contributed by atoms with E-state index in [4.69, 9.17) is 0 Å². The van der Waals surface area contributed by atoms with Crippen LogP contribution in [-0.2, 0) is 0 Å². The summed E-state index contributed by atoms with van der Waals surface area (Å²) in [5.74, 6) is 2.24. The summed E-state index contributed by atoms with van der Waals surface area (Å²) in [6.07, 6.45) is 1.11. The molecule has 0 aromatic carbocycles. The van der Waals surface area contributed by atoms with Gasteiger partial charge in [-0.3, -0.25) is 0 Å².